The second kappa shape index (κ2) is 12.0. The molecule has 0 N–H and O–H groups in total. The molecule has 10 rings (SSSR count). The van der Waals surface area contributed by atoms with E-state index in [2.05, 4.69) is 184 Å². The highest BCUT2D eigenvalue weighted by Gasteiger charge is 2.17. The SMILES string of the molecule is [C-]#[N+]c1ccc2c(c1)c1cc(-c3ccc4c(c3)c3ccc(-c5cccc(-c6ccccc6)c5)cc3n4-c3ccccc3)ccc1n2-c1ccccc1. The van der Waals surface area contributed by atoms with Gasteiger partial charge in [-0.25, -0.2) is 4.85 Å². The Labute approximate surface area is 301 Å². The molecule has 2 aromatic heterocycles. The quantitative estimate of drug-likeness (QED) is 0.163. The van der Waals surface area contributed by atoms with Crippen molar-refractivity contribution in [1.29, 1.82) is 0 Å². The van der Waals surface area contributed by atoms with E-state index >= 15 is 0 Å². The summed E-state index contributed by atoms with van der Waals surface area (Å²) >= 11 is 0. The van der Waals surface area contributed by atoms with Gasteiger partial charge in [0, 0.05) is 27.5 Å². The molecule has 8 aromatic carbocycles. The molecule has 0 aliphatic carbocycles. The third kappa shape index (κ3) is 4.81. The maximum atomic E-state index is 7.70. The number of hydrogen-bond acceptors (Lipinski definition) is 0. The fourth-order valence-electron chi connectivity index (χ4n) is 7.86. The average molecular weight is 662 g/mol. The van der Waals surface area contributed by atoms with Crippen LogP contribution in [-0.4, -0.2) is 9.13 Å². The summed E-state index contributed by atoms with van der Waals surface area (Å²) in [7, 11) is 0. The summed E-state index contributed by atoms with van der Waals surface area (Å²) < 4.78 is 4.69. The Morgan fingerprint density at radius 2 is 0.750 bits per heavy atom. The molecule has 242 valence electrons. The lowest BCUT2D eigenvalue weighted by atomic mass is 9.97. The smallest absolute Gasteiger partial charge is 0.188 e. The molecule has 0 spiro atoms. The summed E-state index contributed by atoms with van der Waals surface area (Å²) in [6, 6.07) is 67.0. The first-order valence-electron chi connectivity index (χ1n) is 17.5. The lowest BCUT2D eigenvalue weighted by Gasteiger charge is -2.10. The molecule has 0 aliphatic rings. The summed E-state index contributed by atoms with van der Waals surface area (Å²) in [5.41, 5.74) is 14.5. The molecule has 0 bridgehead atoms. The number of benzene rings is 8. The van der Waals surface area contributed by atoms with E-state index in [0.717, 1.165) is 44.3 Å². The van der Waals surface area contributed by atoms with Crippen molar-refractivity contribution in [2.45, 2.75) is 0 Å². The molecule has 0 saturated heterocycles. The van der Waals surface area contributed by atoms with Crippen molar-refractivity contribution in [3.63, 3.8) is 0 Å². The van der Waals surface area contributed by atoms with Crippen LogP contribution in [-0.2, 0) is 0 Å². The summed E-state index contributed by atoms with van der Waals surface area (Å²) in [6.07, 6.45) is 0. The second-order valence-electron chi connectivity index (χ2n) is 13.3. The Morgan fingerprint density at radius 3 is 1.37 bits per heavy atom. The normalized spacial score (nSPS) is 11.4. The summed E-state index contributed by atoms with van der Waals surface area (Å²) in [5.74, 6) is 0. The molecule has 10 aromatic rings. The first-order chi connectivity index (χ1) is 25.7. The van der Waals surface area contributed by atoms with Gasteiger partial charge >= 0.3 is 0 Å². The van der Waals surface area contributed by atoms with E-state index in [1.807, 2.05) is 18.2 Å². The van der Waals surface area contributed by atoms with Crippen LogP contribution in [0.25, 0.3) is 93.2 Å². The third-order valence-corrected chi connectivity index (χ3v) is 10.3. The standard InChI is InChI=1S/C49H31N3/c1-50-39-23-27-48-45(32-39)44-30-37(22-26-47(44)51(48)40-16-7-3-8-17-40)36-21-25-46-43(29-36)42-24-20-38(31-49(42)52(46)41-18-9-4-10-19-41)35-15-11-14-34(28-35)33-12-5-2-6-13-33/h2-32H. The molecule has 0 radical (unpaired) electrons. The van der Waals surface area contributed by atoms with E-state index in [4.69, 9.17) is 6.57 Å². The zero-order chi connectivity index (χ0) is 34.6. The summed E-state index contributed by atoms with van der Waals surface area (Å²) in [6.45, 7) is 7.70. The van der Waals surface area contributed by atoms with E-state index in [1.165, 1.54) is 44.1 Å². The van der Waals surface area contributed by atoms with Crippen LogP contribution in [0.3, 0.4) is 0 Å². The van der Waals surface area contributed by atoms with Gasteiger partial charge in [-0.3, -0.25) is 0 Å². The zero-order valence-electron chi connectivity index (χ0n) is 28.2. The highest BCUT2D eigenvalue weighted by molar-refractivity contribution is 6.13. The lowest BCUT2D eigenvalue weighted by Crippen LogP contribution is -1.93. The Bertz CT molecular complexity index is 3000. The van der Waals surface area contributed by atoms with Gasteiger partial charge in [0.15, 0.2) is 5.69 Å². The van der Waals surface area contributed by atoms with Gasteiger partial charge in [0.05, 0.1) is 28.6 Å². The highest BCUT2D eigenvalue weighted by atomic mass is 15.0. The van der Waals surface area contributed by atoms with Gasteiger partial charge in [-0.15, -0.1) is 0 Å². The van der Waals surface area contributed by atoms with Gasteiger partial charge in [0.25, 0.3) is 0 Å². The molecule has 0 fully saturated rings. The molecule has 0 amide bonds. The van der Waals surface area contributed by atoms with Crippen molar-refractivity contribution in [3.8, 4) is 44.8 Å². The number of para-hydroxylation sites is 2. The number of hydrogen-bond donors (Lipinski definition) is 0. The van der Waals surface area contributed by atoms with Crippen molar-refractivity contribution in [2.75, 3.05) is 0 Å². The predicted molar refractivity (Wildman–Crippen MR) is 218 cm³/mol. The first kappa shape index (κ1) is 29.7. The van der Waals surface area contributed by atoms with Crippen molar-refractivity contribution < 1.29 is 0 Å². The van der Waals surface area contributed by atoms with Crippen LogP contribution in [0.1, 0.15) is 0 Å². The van der Waals surface area contributed by atoms with Gasteiger partial charge in [-0.05, 0) is 112 Å². The molecular formula is C49H31N3. The Kier molecular flexibility index (Phi) is 6.87. The molecule has 0 saturated carbocycles. The van der Waals surface area contributed by atoms with Crippen molar-refractivity contribution in [1.82, 2.24) is 9.13 Å². The minimum Gasteiger partial charge on any atom is -0.309 e. The van der Waals surface area contributed by atoms with Crippen LogP contribution >= 0.6 is 0 Å². The molecule has 52 heavy (non-hydrogen) atoms. The largest absolute Gasteiger partial charge is 0.309 e. The van der Waals surface area contributed by atoms with Crippen LogP contribution < -0.4 is 0 Å². The van der Waals surface area contributed by atoms with Crippen LogP contribution in [0.2, 0.25) is 0 Å². The van der Waals surface area contributed by atoms with E-state index in [9.17, 15) is 0 Å². The third-order valence-electron chi connectivity index (χ3n) is 10.3. The van der Waals surface area contributed by atoms with E-state index in [0.29, 0.717) is 5.69 Å². The van der Waals surface area contributed by atoms with Gasteiger partial charge in [0.1, 0.15) is 0 Å². The fourth-order valence-corrected chi connectivity index (χ4v) is 7.86. The Hall–Kier alpha value is -7.15. The molecule has 3 heteroatoms. The van der Waals surface area contributed by atoms with Crippen LogP contribution in [0.4, 0.5) is 5.69 Å². The number of fused-ring (bicyclic) bond motifs is 6. The van der Waals surface area contributed by atoms with Crippen LogP contribution in [0.15, 0.2) is 188 Å². The monoisotopic (exact) mass is 661 g/mol. The van der Waals surface area contributed by atoms with Crippen molar-refractivity contribution >= 4 is 49.3 Å². The molecular weight excluding hydrogens is 631 g/mol. The number of aromatic nitrogens is 2. The average Bonchev–Trinajstić information content (AvgIpc) is 3.73. The molecule has 0 aliphatic heterocycles. The lowest BCUT2D eigenvalue weighted by molar-refractivity contribution is 1.18. The maximum Gasteiger partial charge on any atom is 0.188 e. The van der Waals surface area contributed by atoms with Crippen LogP contribution in [0, 0.1) is 6.57 Å². The molecule has 0 unspecified atom stereocenters. The Balaban J connectivity index is 1.16. The van der Waals surface area contributed by atoms with Crippen molar-refractivity contribution in [2.24, 2.45) is 0 Å². The van der Waals surface area contributed by atoms with Crippen LogP contribution in [0.5, 0.6) is 0 Å². The summed E-state index contributed by atoms with van der Waals surface area (Å²) in [4.78, 5) is 3.76. The van der Waals surface area contributed by atoms with E-state index < -0.39 is 0 Å². The van der Waals surface area contributed by atoms with E-state index in [1.54, 1.807) is 0 Å². The molecule has 3 nitrogen and oxygen atoms in total. The van der Waals surface area contributed by atoms with E-state index in [-0.39, 0.29) is 0 Å². The van der Waals surface area contributed by atoms with Gasteiger partial charge in [-0.1, -0.05) is 115 Å². The number of nitrogens with zero attached hydrogens (tertiary/aromatic N) is 3. The van der Waals surface area contributed by atoms with Crippen molar-refractivity contribution in [3.05, 3.63) is 199 Å². The van der Waals surface area contributed by atoms with Gasteiger partial charge < -0.3 is 9.13 Å². The van der Waals surface area contributed by atoms with Gasteiger partial charge in [0.2, 0.25) is 0 Å². The topological polar surface area (TPSA) is 14.2 Å². The first-order valence-corrected chi connectivity index (χ1v) is 17.5. The molecule has 2 heterocycles. The maximum absolute atomic E-state index is 7.70. The predicted octanol–water partition coefficient (Wildman–Crippen LogP) is 13.4. The zero-order valence-corrected chi connectivity index (χ0v) is 28.2. The number of rotatable bonds is 5. The Morgan fingerprint density at radius 1 is 0.308 bits per heavy atom. The molecule has 0 atom stereocenters. The highest BCUT2D eigenvalue weighted by Crippen LogP contribution is 2.40. The minimum absolute atomic E-state index is 0.645. The second-order valence-corrected chi connectivity index (χ2v) is 13.3. The minimum atomic E-state index is 0.645. The van der Waals surface area contributed by atoms with Gasteiger partial charge in [-0.2, -0.15) is 0 Å². The summed E-state index contributed by atoms with van der Waals surface area (Å²) in [5, 5.41) is 4.64. The fraction of sp³-hybridized carbons (Fsp3) is 0.